The third kappa shape index (κ3) is 5.83. The summed E-state index contributed by atoms with van der Waals surface area (Å²) in [7, 11) is 5.46. The van der Waals surface area contributed by atoms with Gasteiger partial charge in [-0.15, -0.1) is 0 Å². The molecule has 0 heterocycles. The summed E-state index contributed by atoms with van der Waals surface area (Å²) in [5.41, 5.74) is 4.51. The Bertz CT molecular complexity index is 906. The van der Waals surface area contributed by atoms with Gasteiger partial charge in [-0.1, -0.05) is 17.7 Å². The van der Waals surface area contributed by atoms with Gasteiger partial charge in [-0.25, -0.2) is 0 Å². The summed E-state index contributed by atoms with van der Waals surface area (Å²) in [6.45, 7) is 3.24. The van der Waals surface area contributed by atoms with Gasteiger partial charge in [0.25, 0.3) is 5.91 Å². The van der Waals surface area contributed by atoms with E-state index in [1.54, 1.807) is 0 Å². The average molecular weight is 410 g/mol. The van der Waals surface area contributed by atoms with Crippen LogP contribution in [0.3, 0.4) is 0 Å². The highest BCUT2D eigenvalue weighted by Crippen LogP contribution is 2.32. The van der Waals surface area contributed by atoms with Gasteiger partial charge in [-0.3, -0.25) is 9.59 Å². The number of nitrogens with one attached hydrogen (secondary N) is 1. The Morgan fingerprint density at radius 2 is 1.90 bits per heavy atom. The molecule has 0 saturated heterocycles. The van der Waals surface area contributed by atoms with Gasteiger partial charge in [0.05, 0.1) is 0 Å². The van der Waals surface area contributed by atoms with Crippen LogP contribution in [0.15, 0.2) is 42.5 Å². The molecule has 2 aromatic carbocycles. The Kier molecular flexibility index (Phi) is 7.11. The summed E-state index contributed by atoms with van der Waals surface area (Å²) < 4.78 is 4.90. The lowest BCUT2D eigenvalue weighted by Crippen LogP contribution is -2.33. The summed E-state index contributed by atoms with van der Waals surface area (Å²) >= 11 is 0. The number of carbonyl (C=O) groups excluding carboxylic acids is 2. The highest BCUT2D eigenvalue weighted by Gasteiger charge is 2.28. The first kappa shape index (κ1) is 21.8. The second-order valence-electron chi connectivity index (χ2n) is 8.22. The van der Waals surface area contributed by atoms with Gasteiger partial charge in [0.1, 0.15) is 6.61 Å². The fourth-order valence-corrected chi connectivity index (χ4v) is 3.55. The van der Waals surface area contributed by atoms with E-state index in [9.17, 15) is 9.59 Å². The van der Waals surface area contributed by atoms with Gasteiger partial charge in [-0.2, -0.15) is 0 Å². The number of carbonyl (C=O) groups is 2. The lowest BCUT2D eigenvalue weighted by atomic mass is 10.1. The van der Waals surface area contributed by atoms with Gasteiger partial charge >= 0.3 is 0 Å². The van der Waals surface area contributed by atoms with Crippen molar-refractivity contribution in [3.63, 3.8) is 0 Å². The molecule has 2 amide bonds. The van der Waals surface area contributed by atoms with E-state index >= 15 is 0 Å². The van der Waals surface area contributed by atoms with Crippen molar-refractivity contribution in [3.05, 3.63) is 59.2 Å². The number of nitrogens with zero attached hydrogens (tertiary/aromatic N) is 2. The minimum atomic E-state index is -0.202. The summed E-state index contributed by atoms with van der Waals surface area (Å²) in [6, 6.07) is 13.5. The van der Waals surface area contributed by atoms with Crippen LogP contribution in [0.5, 0.6) is 0 Å². The van der Waals surface area contributed by atoms with E-state index in [0.29, 0.717) is 23.7 Å². The summed E-state index contributed by atoms with van der Waals surface area (Å²) in [5.74, 6) is 0.419. The van der Waals surface area contributed by atoms with Gasteiger partial charge in [-0.05, 0) is 61.6 Å². The van der Waals surface area contributed by atoms with Crippen molar-refractivity contribution in [1.82, 2.24) is 4.90 Å². The highest BCUT2D eigenvalue weighted by molar-refractivity contribution is 5.95. The zero-order valence-corrected chi connectivity index (χ0v) is 18.3. The predicted molar refractivity (Wildman–Crippen MR) is 120 cm³/mol. The molecule has 1 saturated carbocycles. The molecular formula is C24H31N3O3. The van der Waals surface area contributed by atoms with Crippen molar-refractivity contribution in [2.24, 2.45) is 5.92 Å². The third-order valence-electron chi connectivity index (χ3n) is 5.21. The molecule has 0 bridgehead atoms. The quantitative estimate of drug-likeness (QED) is 0.686. The van der Waals surface area contributed by atoms with Crippen molar-refractivity contribution in [2.75, 3.05) is 44.6 Å². The number of hydrogen-bond donors (Lipinski definition) is 1. The van der Waals surface area contributed by atoms with Crippen molar-refractivity contribution < 1.29 is 14.3 Å². The molecule has 0 spiro atoms. The number of rotatable bonds is 9. The number of anilines is 2. The van der Waals surface area contributed by atoms with Crippen LogP contribution in [0.4, 0.5) is 11.4 Å². The van der Waals surface area contributed by atoms with Crippen LogP contribution in [0.25, 0.3) is 0 Å². The Balaban J connectivity index is 1.88. The van der Waals surface area contributed by atoms with Crippen LogP contribution in [-0.4, -0.2) is 51.1 Å². The standard InChI is InChI=1S/C24H31N3O3/c1-17-6-5-7-19(12-17)24(29)27(14-18-8-9-18)15-20-13-21(25-23(28)16-30-4)10-11-22(20)26(2)3/h5-7,10-13,18H,8-9,14-16H2,1-4H3,(H,25,28). The van der Waals surface area contributed by atoms with Gasteiger partial charge in [0.15, 0.2) is 0 Å². The first-order valence-corrected chi connectivity index (χ1v) is 10.3. The fraction of sp³-hybridized carbons (Fsp3) is 0.417. The fourth-order valence-electron chi connectivity index (χ4n) is 3.55. The number of aryl methyl sites for hydroxylation is 1. The second kappa shape index (κ2) is 9.76. The first-order chi connectivity index (χ1) is 14.4. The summed E-state index contributed by atoms with van der Waals surface area (Å²) in [6.07, 6.45) is 2.34. The molecule has 1 aliphatic rings. The van der Waals surface area contributed by atoms with Crippen molar-refractivity contribution in [2.45, 2.75) is 26.3 Å². The van der Waals surface area contributed by atoms with Crippen LogP contribution in [0.2, 0.25) is 0 Å². The lowest BCUT2D eigenvalue weighted by Gasteiger charge is -2.26. The second-order valence-corrected chi connectivity index (χ2v) is 8.22. The van der Waals surface area contributed by atoms with Crippen LogP contribution >= 0.6 is 0 Å². The maximum atomic E-state index is 13.3. The SMILES string of the molecule is COCC(=O)Nc1ccc(N(C)C)c(CN(CC2CC2)C(=O)c2cccc(C)c2)c1. The van der Waals surface area contributed by atoms with Crippen LogP contribution < -0.4 is 10.2 Å². The monoisotopic (exact) mass is 409 g/mol. The van der Waals surface area contributed by atoms with Gasteiger partial charge < -0.3 is 19.9 Å². The first-order valence-electron chi connectivity index (χ1n) is 10.3. The number of amides is 2. The van der Waals surface area contributed by atoms with Crippen molar-refractivity contribution >= 4 is 23.2 Å². The highest BCUT2D eigenvalue weighted by atomic mass is 16.5. The molecule has 0 aliphatic heterocycles. The third-order valence-corrected chi connectivity index (χ3v) is 5.21. The maximum Gasteiger partial charge on any atom is 0.254 e. The molecule has 30 heavy (non-hydrogen) atoms. The summed E-state index contributed by atoms with van der Waals surface area (Å²) in [4.78, 5) is 29.2. The molecule has 0 atom stereocenters. The minimum Gasteiger partial charge on any atom is -0.377 e. The minimum absolute atomic E-state index is 0.00438. The maximum absolute atomic E-state index is 13.3. The zero-order chi connectivity index (χ0) is 21.7. The van der Waals surface area contributed by atoms with E-state index in [0.717, 1.165) is 23.4 Å². The number of benzene rings is 2. The molecule has 0 aromatic heterocycles. The molecule has 6 heteroatoms. The van der Waals surface area contributed by atoms with E-state index in [1.807, 2.05) is 73.3 Å². The Hall–Kier alpha value is -2.86. The van der Waals surface area contributed by atoms with Crippen LogP contribution in [0.1, 0.15) is 34.3 Å². The molecule has 2 aromatic rings. The summed E-state index contributed by atoms with van der Waals surface area (Å²) in [5, 5.41) is 2.86. The largest absolute Gasteiger partial charge is 0.377 e. The van der Waals surface area contributed by atoms with E-state index < -0.39 is 0 Å². The number of methoxy groups -OCH3 is 1. The smallest absolute Gasteiger partial charge is 0.254 e. The number of hydrogen-bond acceptors (Lipinski definition) is 4. The van der Waals surface area contributed by atoms with Gasteiger partial charge in [0.2, 0.25) is 5.91 Å². The molecule has 1 N–H and O–H groups in total. The molecular weight excluding hydrogens is 378 g/mol. The topological polar surface area (TPSA) is 61.9 Å². The van der Waals surface area contributed by atoms with Crippen LogP contribution in [0, 0.1) is 12.8 Å². The van der Waals surface area contributed by atoms with Crippen LogP contribution in [-0.2, 0) is 16.1 Å². The molecule has 1 aliphatic carbocycles. The molecule has 3 rings (SSSR count). The molecule has 1 fully saturated rings. The van der Waals surface area contributed by atoms with E-state index in [-0.39, 0.29) is 18.4 Å². The Morgan fingerprint density at radius 3 is 2.53 bits per heavy atom. The molecule has 0 unspecified atom stereocenters. The zero-order valence-electron chi connectivity index (χ0n) is 18.3. The van der Waals surface area contributed by atoms with E-state index in [2.05, 4.69) is 5.32 Å². The lowest BCUT2D eigenvalue weighted by molar-refractivity contribution is -0.119. The average Bonchev–Trinajstić information content (AvgIpc) is 3.51. The van der Waals surface area contributed by atoms with E-state index in [4.69, 9.17) is 4.74 Å². The molecule has 6 nitrogen and oxygen atoms in total. The van der Waals surface area contributed by atoms with E-state index in [1.165, 1.54) is 20.0 Å². The normalized spacial score (nSPS) is 13.1. The van der Waals surface area contributed by atoms with Crippen molar-refractivity contribution in [3.8, 4) is 0 Å². The molecule has 160 valence electrons. The van der Waals surface area contributed by atoms with Gasteiger partial charge in [0, 0.05) is 51.2 Å². The van der Waals surface area contributed by atoms with Crippen molar-refractivity contribution in [1.29, 1.82) is 0 Å². The molecule has 0 radical (unpaired) electrons. The Morgan fingerprint density at radius 1 is 1.13 bits per heavy atom. The Labute approximate surface area is 178 Å². The number of ether oxygens (including phenoxy) is 1. The predicted octanol–water partition coefficient (Wildman–Crippen LogP) is 3.70.